The van der Waals surface area contributed by atoms with E-state index in [4.69, 9.17) is 18.9 Å². The van der Waals surface area contributed by atoms with Gasteiger partial charge in [0.05, 0.1) is 19.8 Å². The van der Waals surface area contributed by atoms with Gasteiger partial charge < -0.3 is 24.3 Å². The highest BCUT2D eigenvalue weighted by molar-refractivity contribution is 5.86. The molecule has 1 saturated heterocycles. The number of hydrogen-bond acceptors (Lipinski definition) is 6. The lowest BCUT2D eigenvalue weighted by Crippen LogP contribution is -2.38. The van der Waals surface area contributed by atoms with Crippen molar-refractivity contribution in [2.75, 3.05) is 33.2 Å². The number of carbonyl (C=O) groups is 2. The van der Waals surface area contributed by atoms with E-state index in [9.17, 15) is 9.59 Å². The summed E-state index contributed by atoms with van der Waals surface area (Å²) in [5, 5.41) is 2.45. The third-order valence-corrected chi connectivity index (χ3v) is 2.00. The van der Waals surface area contributed by atoms with Gasteiger partial charge in [0.25, 0.3) is 0 Å². The number of ether oxygens (including phenoxy) is 4. The van der Waals surface area contributed by atoms with Gasteiger partial charge in [0, 0.05) is 5.57 Å². The summed E-state index contributed by atoms with van der Waals surface area (Å²) in [5.74, 6) is -0.487. The predicted molar refractivity (Wildman–Crippen MR) is 60.8 cm³/mol. The van der Waals surface area contributed by atoms with Crippen LogP contribution in [0.4, 0.5) is 4.79 Å². The van der Waals surface area contributed by atoms with Crippen LogP contribution in [0.3, 0.4) is 0 Å². The Balaban J connectivity index is 2.06. The second-order valence-corrected chi connectivity index (χ2v) is 3.73. The molecule has 1 N–H and O–H groups in total. The first kappa shape index (κ1) is 14.5. The zero-order valence-corrected chi connectivity index (χ0v) is 10.3. The summed E-state index contributed by atoms with van der Waals surface area (Å²) in [6.07, 6.45) is -1.00. The van der Waals surface area contributed by atoms with E-state index in [0.717, 1.165) is 0 Å². The minimum atomic E-state index is -0.597. The van der Waals surface area contributed by atoms with Crippen molar-refractivity contribution in [3.8, 4) is 0 Å². The van der Waals surface area contributed by atoms with Gasteiger partial charge in [-0.2, -0.15) is 0 Å². The maximum atomic E-state index is 11.3. The molecule has 0 aromatic rings. The maximum Gasteiger partial charge on any atom is 0.407 e. The van der Waals surface area contributed by atoms with E-state index in [2.05, 4.69) is 11.9 Å². The van der Waals surface area contributed by atoms with Gasteiger partial charge in [-0.15, -0.1) is 0 Å². The predicted octanol–water partition coefficient (Wildman–Crippen LogP) is 0.205. The number of carbonyl (C=O) groups excluding carboxylic acids is 2. The molecule has 0 atom stereocenters. The second-order valence-electron chi connectivity index (χ2n) is 3.73. The molecule has 102 valence electrons. The van der Waals surface area contributed by atoms with Gasteiger partial charge in [-0.3, -0.25) is 0 Å². The zero-order valence-electron chi connectivity index (χ0n) is 10.3. The Bertz CT molecular complexity index is 311. The average Bonchev–Trinajstić information content (AvgIpc) is 2.35. The van der Waals surface area contributed by atoms with E-state index < -0.39 is 18.2 Å². The number of alkyl carbamates (subject to hydrolysis) is 1. The summed E-state index contributed by atoms with van der Waals surface area (Å²) in [6.45, 7) is 6.08. The standard InChI is InChI=1S/C11H17NO6/c1-8(2)10(13)17-4-3-12-11(14)18-9-5-15-7-16-6-9/h9H,1,3-7H2,2H3,(H,12,14). The van der Waals surface area contributed by atoms with Crippen LogP contribution in [0.1, 0.15) is 6.92 Å². The highest BCUT2D eigenvalue weighted by atomic mass is 16.7. The van der Waals surface area contributed by atoms with E-state index in [1.807, 2.05) is 0 Å². The molecule has 0 unspecified atom stereocenters. The summed E-state index contributed by atoms with van der Waals surface area (Å²) in [4.78, 5) is 22.3. The number of hydrogen-bond donors (Lipinski definition) is 1. The van der Waals surface area contributed by atoms with Gasteiger partial charge in [-0.05, 0) is 6.92 Å². The highest BCUT2D eigenvalue weighted by Crippen LogP contribution is 2.01. The number of nitrogens with one attached hydrogen (secondary N) is 1. The fourth-order valence-corrected chi connectivity index (χ4v) is 1.15. The van der Waals surface area contributed by atoms with E-state index in [1.54, 1.807) is 6.92 Å². The summed E-state index contributed by atoms with van der Waals surface area (Å²) >= 11 is 0. The zero-order chi connectivity index (χ0) is 13.4. The molecule has 7 heteroatoms. The molecule has 1 rings (SSSR count). The molecule has 0 spiro atoms. The molecule has 1 aliphatic heterocycles. The largest absolute Gasteiger partial charge is 0.460 e. The Hall–Kier alpha value is -1.60. The van der Waals surface area contributed by atoms with Gasteiger partial charge in [0.1, 0.15) is 13.4 Å². The Labute approximate surface area is 105 Å². The van der Waals surface area contributed by atoms with Crippen LogP contribution in [0.5, 0.6) is 0 Å². The minimum absolute atomic E-state index is 0.0679. The molecular weight excluding hydrogens is 242 g/mol. The third kappa shape index (κ3) is 5.65. The first-order valence-electron chi connectivity index (χ1n) is 5.52. The van der Waals surface area contributed by atoms with Crippen molar-refractivity contribution < 1.29 is 28.5 Å². The first-order valence-corrected chi connectivity index (χ1v) is 5.52. The van der Waals surface area contributed by atoms with Crippen LogP contribution < -0.4 is 5.32 Å². The lowest BCUT2D eigenvalue weighted by molar-refractivity contribution is -0.151. The molecule has 0 bridgehead atoms. The number of esters is 1. The molecule has 0 aromatic heterocycles. The van der Waals surface area contributed by atoms with Crippen molar-refractivity contribution in [2.24, 2.45) is 0 Å². The first-order chi connectivity index (χ1) is 8.59. The molecule has 0 saturated carbocycles. The molecule has 0 radical (unpaired) electrons. The SMILES string of the molecule is C=C(C)C(=O)OCCNC(=O)OC1COCOC1. The van der Waals surface area contributed by atoms with Gasteiger partial charge in [-0.25, -0.2) is 9.59 Å². The van der Waals surface area contributed by atoms with Gasteiger partial charge in [-0.1, -0.05) is 6.58 Å². The topological polar surface area (TPSA) is 83.1 Å². The van der Waals surface area contributed by atoms with Crippen molar-refractivity contribution in [1.29, 1.82) is 0 Å². The Morgan fingerprint density at radius 2 is 2.06 bits per heavy atom. The Morgan fingerprint density at radius 3 is 2.67 bits per heavy atom. The van der Waals surface area contributed by atoms with Crippen molar-refractivity contribution in [3.63, 3.8) is 0 Å². The van der Waals surface area contributed by atoms with E-state index in [-0.39, 0.29) is 19.9 Å². The average molecular weight is 259 g/mol. The fourth-order valence-electron chi connectivity index (χ4n) is 1.15. The van der Waals surface area contributed by atoms with Crippen LogP contribution in [-0.2, 0) is 23.7 Å². The van der Waals surface area contributed by atoms with E-state index in [1.165, 1.54) is 0 Å². The minimum Gasteiger partial charge on any atom is -0.460 e. The Morgan fingerprint density at radius 1 is 1.39 bits per heavy atom. The maximum absolute atomic E-state index is 11.3. The molecular formula is C11H17NO6. The molecule has 1 amide bonds. The summed E-state index contributed by atoms with van der Waals surface area (Å²) in [5.41, 5.74) is 0.314. The molecule has 0 aromatic carbocycles. The van der Waals surface area contributed by atoms with Crippen LogP contribution in [0, 0.1) is 0 Å². The van der Waals surface area contributed by atoms with Crippen molar-refractivity contribution >= 4 is 12.1 Å². The fraction of sp³-hybridized carbons (Fsp3) is 0.636. The summed E-state index contributed by atoms with van der Waals surface area (Å²) in [6, 6.07) is 0. The van der Waals surface area contributed by atoms with Crippen molar-refractivity contribution in [2.45, 2.75) is 13.0 Å². The smallest absolute Gasteiger partial charge is 0.407 e. The van der Waals surface area contributed by atoms with Crippen LogP contribution >= 0.6 is 0 Å². The van der Waals surface area contributed by atoms with E-state index >= 15 is 0 Å². The molecule has 1 aliphatic rings. The third-order valence-electron chi connectivity index (χ3n) is 2.00. The van der Waals surface area contributed by atoms with Crippen LogP contribution in [0.2, 0.25) is 0 Å². The number of amides is 1. The normalized spacial score (nSPS) is 15.8. The summed E-state index contributed by atoms with van der Waals surface area (Å²) < 4.78 is 19.7. The molecule has 18 heavy (non-hydrogen) atoms. The van der Waals surface area contributed by atoms with Crippen LogP contribution in [-0.4, -0.2) is 51.3 Å². The molecule has 1 heterocycles. The summed E-state index contributed by atoms with van der Waals surface area (Å²) in [7, 11) is 0. The Kier molecular flexibility index (Phi) is 6.16. The van der Waals surface area contributed by atoms with Crippen molar-refractivity contribution in [3.05, 3.63) is 12.2 Å². The molecule has 1 fully saturated rings. The molecule has 0 aliphatic carbocycles. The van der Waals surface area contributed by atoms with Gasteiger partial charge in [0.15, 0.2) is 6.10 Å². The lowest BCUT2D eigenvalue weighted by Gasteiger charge is -2.22. The number of rotatable bonds is 5. The lowest BCUT2D eigenvalue weighted by atomic mass is 10.4. The second kappa shape index (κ2) is 7.67. The van der Waals surface area contributed by atoms with Crippen LogP contribution in [0.25, 0.3) is 0 Å². The van der Waals surface area contributed by atoms with Crippen LogP contribution in [0.15, 0.2) is 12.2 Å². The van der Waals surface area contributed by atoms with Gasteiger partial charge >= 0.3 is 12.1 Å². The van der Waals surface area contributed by atoms with Crippen molar-refractivity contribution in [1.82, 2.24) is 5.32 Å². The van der Waals surface area contributed by atoms with E-state index in [0.29, 0.717) is 18.8 Å². The monoisotopic (exact) mass is 259 g/mol. The highest BCUT2D eigenvalue weighted by Gasteiger charge is 2.18. The molecule has 7 nitrogen and oxygen atoms in total. The quantitative estimate of drug-likeness (QED) is 0.431. The van der Waals surface area contributed by atoms with Gasteiger partial charge in [0.2, 0.25) is 0 Å².